The Morgan fingerprint density at radius 3 is 2.29 bits per heavy atom. The van der Waals surface area contributed by atoms with E-state index in [-0.39, 0.29) is 6.42 Å². The molecule has 0 aliphatic heterocycles. The Kier molecular flexibility index (Phi) is 3.42. The van der Waals surface area contributed by atoms with Gasteiger partial charge in [0.2, 0.25) is 0 Å². The van der Waals surface area contributed by atoms with Crippen molar-refractivity contribution in [2.24, 2.45) is 0 Å². The fourth-order valence-electron chi connectivity index (χ4n) is 1.76. The van der Waals surface area contributed by atoms with Crippen LogP contribution in [-0.2, 0) is 4.74 Å². The van der Waals surface area contributed by atoms with Gasteiger partial charge in [-0.1, -0.05) is 0 Å². The van der Waals surface area contributed by atoms with Gasteiger partial charge in [0.15, 0.2) is 0 Å². The molecule has 0 radical (unpaired) electrons. The Labute approximate surface area is 81.1 Å². The lowest BCUT2D eigenvalue weighted by Crippen LogP contribution is -2.50. The highest BCUT2D eigenvalue weighted by atomic mass is 19.4. The molecule has 0 spiro atoms. The van der Waals surface area contributed by atoms with E-state index in [2.05, 4.69) is 0 Å². The van der Waals surface area contributed by atoms with E-state index in [0.717, 1.165) is 6.42 Å². The van der Waals surface area contributed by atoms with Crippen LogP contribution in [0.5, 0.6) is 0 Å². The predicted octanol–water partition coefficient (Wildman–Crippen LogP) is 2.26. The van der Waals surface area contributed by atoms with Gasteiger partial charge in [-0.2, -0.15) is 13.2 Å². The Hall–Kier alpha value is -0.290. The number of methoxy groups -OCH3 is 1. The van der Waals surface area contributed by atoms with Gasteiger partial charge >= 0.3 is 6.18 Å². The van der Waals surface area contributed by atoms with Gasteiger partial charge in [0, 0.05) is 13.5 Å². The van der Waals surface area contributed by atoms with Crippen LogP contribution >= 0.6 is 0 Å². The Morgan fingerprint density at radius 2 is 2.00 bits per heavy atom. The highest BCUT2D eigenvalue weighted by molar-refractivity contribution is 4.95. The molecule has 1 aliphatic carbocycles. The summed E-state index contributed by atoms with van der Waals surface area (Å²) in [7, 11) is 1.44. The molecule has 0 heterocycles. The number of ether oxygens (including phenoxy) is 1. The molecule has 0 aromatic heterocycles. The molecule has 0 aromatic carbocycles. The van der Waals surface area contributed by atoms with Crippen molar-refractivity contribution in [2.75, 3.05) is 7.11 Å². The average molecular weight is 212 g/mol. The van der Waals surface area contributed by atoms with Gasteiger partial charge in [-0.25, -0.2) is 0 Å². The lowest BCUT2D eigenvalue weighted by molar-refractivity contribution is -0.174. The molecule has 1 saturated carbocycles. The van der Waals surface area contributed by atoms with Gasteiger partial charge in [0.25, 0.3) is 0 Å². The largest absolute Gasteiger partial charge is 0.390 e. The van der Waals surface area contributed by atoms with E-state index in [4.69, 9.17) is 4.74 Å². The van der Waals surface area contributed by atoms with E-state index in [0.29, 0.717) is 12.8 Å². The van der Waals surface area contributed by atoms with Crippen molar-refractivity contribution in [3.63, 3.8) is 0 Å². The van der Waals surface area contributed by atoms with Gasteiger partial charge < -0.3 is 9.84 Å². The van der Waals surface area contributed by atoms with Crippen LogP contribution in [0.1, 0.15) is 32.1 Å². The van der Waals surface area contributed by atoms with E-state index in [1.807, 2.05) is 0 Å². The molecule has 0 bridgehead atoms. The second-order valence-corrected chi connectivity index (χ2v) is 3.79. The third kappa shape index (κ3) is 2.60. The van der Waals surface area contributed by atoms with E-state index in [1.54, 1.807) is 0 Å². The van der Waals surface area contributed by atoms with Gasteiger partial charge in [0.05, 0.1) is 11.7 Å². The summed E-state index contributed by atoms with van der Waals surface area (Å²) in [5.74, 6) is 0. The van der Waals surface area contributed by atoms with Crippen LogP contribution in [0.2, 0.25) is 0 Å². The van der Waals surface area contributed by atoms with Crippen LogP contribution in [0.25, 0.3) is 0 Å². The zero-order chi connectivity index (χ0) is 10.8. The van der Waals surface area contributed by atoms with Crippen LogP contribution in [0, 0.1) is 0 Å². The molecule has 84 valence electrons. The Balaban J connectivity index is 2.37. The smallest absolute Gasteiger partial charge is 0.389 e. The van der Waals surface area contributed by atoms with Crippen molar-refractivity contribution >= 4 is 0 Å². The molecule has 1 fully saturated rings. The molecule has 0 aromatic rings. The second-order valence-electron chi connectivity index (χ2n) is 3.79. The fourth-order valence-corrected chi connectivity index (χ4v) is 1.76. The van der Waals surface area contributed by atoms with Crippen molar-refractivity contribution in [1.29, 1.82) is 0 Å². The molecule has 1 unspecified atom stereocenters. The predicted molar refractivity (Wildman–Crippen MR) is 44.9 cm³/mol. The molecule has 1 N–H and O–H groups in total. The molecule has 1 rings (SSSR count). The number of aliphatic hydroxyl groups is 1. The minimum Gasteiger partial charge on any atom is -0.390 e. The van der Waals surface area contributed by atoms with Crippen LogP contribution in [-0.4, -0.2) is 30.1 Å². The standard InChI is InChI=1S/C9H15F3O2/c1-14-8(4-2-5-8)7(13)3-6-9(10,11)12/h7,13H,2-6H2,1H3. The van der Waals surface area contributed by atoms with Crippen molar-refractivity contribution in [2.45, 2.75) is 50.0 Å². The number of aliphatic hydroxyl groups excluding tert-OH is 1. The molecular weight excluding hydrogens is 197 g/mol. The van der Waals surface area contributed by atoms with Gasteiger partial charge in [-0.05, 0) is 25.7 Å². The van der Waals surface area contributed by atoms with Crippen LogP contribution < -0.4 is 0 Å². The Morgan fingerprint density at radius 1 is 1.43 bits per heavy atom. The minimum absolute atomic E-state index is 0.267. The van der Waals surface area contributed by atoms with Crippen LogP contribution in [0.15, 0.2) is 0 Å². The van der Waals surface area contributed by atoms with Crippen LogP contribution in [0.3, 0.4) is 0 Å². The third-order valence-corrected chi connectivity index (χ3v) is 2.91. The lowest BCUT2D eigenvalue weighted by atomic mass is 9.74. The lowest BCUT2D eigenvalue weighted by Gasteiger charge is -2.44. The summed E-state index contributed by atoms with van der Waals surface area (Å²) in [6.45, 7) is 0. The van der Waals surface area contributed by atoms with Gasteiger partial charge in [-0.15, -0.1) is 0 Å². The van der Waals surface area contributed by atoms with E-state index in [9.17, 15) is 18.3 Å². The average Bonchev–Trinajstić information content (AvgIpc) is 1.98. The molecule has 1 aliphatic rings. The summed E-state index contributed by atoms with van der Waals surface area (Å²) in [5.41, 5.74) is -0.703. The maximum atomic E-state index is 11.9. The monoisotopic (exact) mass is 212 g/mol. The number of rotatable bonds is 4. The van der Waals surface area contributed by atoms with Gasteiger partial charge in [-0.3, -0.25) is 0 Å². The number of hydrogen-bond donors (Lipinski definition) is 1. The zero-order valence-corrected chi connectivity index (χ0v) is 8.10. The summed E-state index contributed by atoms with van der Waals surface area (Å²) in [6, 6.07) is 0. The van der Waals surface area contributed by atoms with Crippen molar-refractivity contribution < 1.29 is 23.0 Å². The van der Waals surface area contributed by atoms with E-state index < -0.39 is 24.3 Å². The summed E-state index contributed by atoms with van der Waals surface area (Å²) in [5, 5.41) is 9.56. The number of alkyl halides is 3. The van der Waals surface area contributed by atoms with E-state index >= 15 is 0 Å². The highest BCUT2D eigenvalue weighted by Gasteiger charge is 2.44. The maximum absolute atomic E-state index is 11.9. The molecule has 0 saturated heterocycles. The maximum Gasteiger partial charge on any atom is 0.389 e. The quantitative estimate of drug-likeness (QED) is 0.774. The second kappa shape index (κ2) is 4.06. The topological polar surface area (TPSA) is 29.5 Å². The summed E-state index contributed by atoms with van der Waals surface area (Å²) in [6.07, 6.45) is -4.18. The molecule has 14 heavy (non-hydrogen) atoms. The summed E-state index contributed by atoms with van der Waals surface area (Å²) >= 11 is 0. The molecular formula is C9H15F3O2. The van der Waals surface area contributed by atoms with Crippen molar-refractivity contribution in [3.05, 3.63) is 0 Å². The summed E-state index contributed by atoms with van der Waals surface area (Å²) in [4.78, 5) is 0. The molecule has 0 amide bonds. The van der Waals surface area contributed by atoms with E-state index in [1.165, 1.54) is 7.11 Å². The highest BCUT2D eigenvalue weighted by Crippen LogP contribution is 2.40. The molecule has 2 nitrogen and oxygen atoms in total. The first kappa shape index (κ1) is 11.8. The van der Waals surface area contributed by atoms with Crippen molar-refractivity contribution in [1.82, 2.24) is 0 Å². The summed E-state index contributed by atoms with van der Waals surface area (Å²) < 4.78 is 40.7. The van der Waals surface area contributed by atoms with Crippen molar-refractivity contribution in [3.8, 4) is 0 Å². The first-order valence-electron chi connectivity index (χ1n) is 4.70. The Bertz CT molecular complexity index is 181. The van der Waals surface area contributed by atoms with Crippen LogP contribution in [0.4, 0.5) is 13.2 Å². The minimum atomic E-state index is -4.19. The normalized spacial score (nSPS) is 22.9. The van der Waals surface area contributed by atoms with Gasteiger partial charge in [0.1, 0.15) is 0 Å². The zero-order valence-electron chi connectivity index (χ0n) is 8.10. The SMILES string of the molecule is COC1(C(O)CCC(F)(F)F)CCC1. The number of hydrogen-bond acceptors (Lipinski definition) is 2. The fraction of sp³-hybridized carbons (Fsp3) is 1.00. The third-order valence-electron chi connectivity index (χ3n) is 2.91. The molecule has 5 heteroatoms. The first-order valence-corrected chi connectivity index (χ1v) is 4.70. The molecule has 1 atom stereocenters. The number of halogens is 3. The first-order chi connectivity index (χ1) is 6.40.